The van der Waals surface area contributed by atoms with Crippen LogP contribution in [0.15, 0.2) is 79.4 Å². The molecular weight excluding hydrogens is 492 g/mol. The van der Waals surface area contributed by atoms with Crippen LogP contribution in [-0.4, -0.2) is 23.5 Å². The lowest BCUT2D eigenvalue weighted by Crippen LogP contribution is -2.15. The van der Waals surface area contributed by atoms with Gasteiger partial charge in [-0.15, -0.1) is 0 Å². The van der Waals surface area contributed by atoms with Crippen molar-refractivity contribution >= 4 is 15.9 Å². The molecule has 0 atom stereocenters. The maximum absolute atomic E-state index is 13.7. The quantitative estimate of drug-likeness (QED) is 0.261. The molecular formula is C27H26N4O5S. The molecule has 0 aliphatic heterocycles. The Morgan fingerprint density at radius 3 is 2.51 bits per heavy atom. The summed E-state index contributed by atoms with van der Waals surface area (Å²) in [6.45, 7) is 7.56. The zero-order valence-electron chi connectivity index (χ0n) is 20.8. The van der Waals surface area contributed by atoms with E-state index in [2.05, 4.69) is 19.8 Å². The second-order valence-electron chi connectivity index (χ2n) is 9.02. The Bertz CT molecular complexity index is 1650. The van der Waals surface area contributed by atoms with Gasteiger partial charge < -0.3 is 13.4 Å². The van der Waals surface area contributed by atoms with Crippen molar-refractivity contribution in [2.45, 2.75) is 44.9 Å². The van der Waals surface area contributed by atoms with Crippen LogP contribution in [0.2, 0.25) is 0 Å². The van der Waals surface area contributed by atoms with Gasteiger partial charge in [0.15, 0.2) is 5.89 Å². The van der Waals surface area contributed by atoms with Crippen molar-refractivity contribution in [1.82, 2.24) is 15.1 Å². The summed E-state index contributed by atoms with van der Waals surface area (Å²) in [4.78, 5) is 8.63. The Kier molecular flexibility index (Phi) is 6.43. The highest BCUT2D eigenvalue weighted by atomic mass is 32.2. The third kappa shape index (κ3) is 4.92. The molecule has 37 heavy (non-hydrogen) atoms. The molecule has 5 aromatic rings. The highest BCUT2D eigenvalue weighted by Crippen LogP contribution is 2.35. The number of oxazole rings is 2. The van der Waals surface area contributed by atoms with Crippen molar-refractivity contribution in [3.63, 3.8) is 0 Å². The van der Waals surface area contributed by atoms with Gasteiger partial charge in [-0.2, -0.15) is 0 Å². The molecule has 0 radical (unpaired) electrons. The molecule has 9 nitrogen and oxygen atoms in total. The summed E-state index contributed by atoms with van der Waals surface area (Å²) in [6.07, 6.45) is 5.08. The Labute approximate surface area is 214 Å². The van der Waals surface area contributed by atoms with Crippen molar-refractivity contribution in [2.75, 3.05) is 4.72 Å². The smallest absolute Gasteiger partial charge is 0.264 e. The fraction of sp³-hybridized carbons (Fsp3) is 0.222. The highest BCUT2D eigenvalue weighted by Gasteiger charge is 2.25. The van der Waals surface area contributed by atoms with Gasteiger partial charge in [-0.25, -0.2) is 23.1 Å². The molecule has 0 fully saturated rings. The molecule has 0 aliphatic rings. The SMILES string of the molecule is Cc1noc(NS(=O)(=O)c2cc(-c3ncco3)ccc2-c2ccccc2Cc2ncc(C(C)C)o2)c1C. The number of nitrogens with one attached hydrogen (secondary N) is 1. The lowest BCUT2D eigenvalue weighted by molar-refractivity contribution is 0.430. The normalized spacial score (nSPS) is 11.8. The van der Waals surface area contributed by atoms with Crippen LogP contribution in [-0.2, 0) is 16.4 Å². The number of aromatic nitrogens is 3. The second-order valence-corrected chi connectivity index (χ2v) is 10.7. The van der Waals surface area contributed by atoms with Gasteiger partial charge in [0.25, 0.3) is 10.0 Å². The fourth-order valence-electron chi connectivity index (χ4n) is 3.93. The maximum Gasteiger partial charge on any atom is 0.264 e. The number of hydrogen-bond acceptors (Lipinski definition) is 8. The molecule has 0 spiro atoms. The van der Waals surface area contributed by atoms with Crippen LogP contribution < -0.4 is 4.72 Å². The summed E-state index contributed by atoms with van der Waals surface area (Å²) in [6, 6.07) is 12.7. The number of nitrogens with zero attached hydrogens (tertiary/aromatic N) is 3. The molecule has 3 heterocycles. The third-order valence-electron chi connectivity index (χ3n) is 6.12. The minimum atomic E-state index is -4.10. The first kappa shape index (κ1) is 24.5. The first-order chi connectivity index (χ1) is 17.7. The van der Waals surface area contributed by atoms with Crippen molar-refractivity contribution in [1.29, 1.82) is 0 Å². The maximum atomic E-state index is 13.7. The lowest BCUT2D eigenvalue weighted by atomic mass is 9.96. The summed E-state index contributed by atoms with van der Waals surface area (Å²) in [5.74, 6) is 1.95. The van der Waals surface area contributed by atoms with Gasteiger partial charge in [-0.3, -0.25) is 0 Å². The molecule has 2 aromatic carbocycles. The van der Waals surface area contributed by atoms with E-state index in [1.54, 1.807) is 38.2 Å². The molecule has 0 saturated heterocycles. The van der Waals surface area contributed by atoms with E-state index in [-0.39, 0.29) is 16.7 Å². The molecule has 0 unspecified atom stereocenters. The predicted octanol–water partition coefficient (Wildman–Crippen LogP) is 6.12. The van der Waals surface area contributed by atoms with Crippen molar-refractivity contribution < 1.29 is 21.8 Å². The molecule has 190 valence electrons. The highest BCUT2D eigenvalue weighted by molar-refractivity contribution is 7.92. The average Bonchev–Trinajstić information content (AvgIpc) is 3.64. The minimum Gasteiger partial charge on any atom is -0.445 e. The molecule has 0 aliphatic carbocycles. The first-order valence-corrected chi connectivity index (χ1v) is 13.2. The predicted molar refractivity (Wildman–Crippen MR) is 138 cm³/mol. The first-order valence-electron chi connectivity index (χ1n) is 11.8. The molecule has 3 aromatic heterocycles. The summed E-state index contributed by atoms with van der Waals surface area (Å²) in [5, 5.41) is 3.86. The van der Waals surface area contributed by atoms with Gasteiger partial charge in [-0.1, -0.05) is 49.3 Å². The number of aryl methyl sites for hydroxylation is 1. The van der Waals surface area contributed by atoms with Gasteiger partial charge in [0.05, 0.1) is 23.0 Å². The lowest BCUT2D eigenvalue weighted by Gasteiger charge is -2.15. The Hall–Kier alpha value is -4.18. The van der Waals surface area contributed by atoms with E-state index in [1.165, 1.54) is 12.5 Å². The van der Waals surface area contributed by atoms with Crippen molar-refractivity contribution in [3.05, 3.63) is 89.6 Å². The van der Waals surface area contributed by atoms with Gasteiger partial charge in [-0.05, 0) is 37.1 Å². The number of anilines is 1. The van der Waals surface area contributed by atoms with Crippen LogP contribution in [0.1, 0.15) is 48.2 Å². The van der Waals surface area contributed by atoms with E-state index in [0.717, 1.165) is 16.9 Å². The third-order valence-corrected chi connectivity index (χ3v) is 7.50. The van der Waals surface area contributed by atoms with E-state index < -0.39 is 10.0 Å². The summed E-state index contributed by atoms with van der Waals surface area (Å²) in [7, 11) is -4.10. The van der Waals surface area contributed by atoms with Crippen molar-refractivity contribution in [2.24, 2.45) is 0 Å². The number of sulfonamides is 1. The second kappa shape index (κ2) is 9.70. The van der Waals surface area contributed by atoms with Crippen LogP contribution in [0.25, 0.3) is 22.6 Å². The van der Waals surface area contributed by atoms with Crippen LogP contribution in [0.3, 0.4) is 0 Å². The monoisotopic (exact) mass is 518 g/mol. The van der Waals surface area contributed by atoms with Gasteiger partial charge >= 0.3 is 0 Å². The van der Waals surface area contributed by atoms with Gasteiger partial charge in [0.2, 0.25) is 11.8 Å². The Morgan fingerprint density at radius 1 is 1.03 bits per heavy atom. The molecule has 10 heteroatoms. The van der Waals surface area contributed by atoms with Crippen LogP contribution >= 0.6 is 0 Å². The Morgan fingerprint density at radius 2 is 1.84 bits per heavy atom. The molecule has 0 bridgehead atoms. The van der Waals surface area contributed by atoms with Gasteiger partial charge in [0, 0.05) is 29.0 Å². The number of hydrogen-bond donors (Lipinski definition) is 1. The Balaban J connectivity index is 1.62. The fourth-order valence-corrected chi connectivity index (χ4v) is 5.22. The minimum absolute atomic E-state index is 0.0411. The molecule has 5 rings (SSSR count). The zero-order chi connectivity index (χ0) is 26.2. The van der Waals surface area contributed by atoms with Crippen LogP contribution in [0.5, 0.6) is 0 Å². The largest absolute Gasteiger partial charge is 0.445 e. The molecule has 0 amide bonds. The summed E-state index contributed by atoms with van der Waals surface area (Å²) < 4.78 is 46.6. The standard InChI is InChI=1S/C27H26N4O5S/c1-16(2)23-15-29-25(35-23)14-19-7-5-6-8-21(19)22-10-9-20(27-28-11-12-34-27)13-24(22)37(32,33)31-26-17(3)18(4)30-36-26/h5-13,15-16,31H,14H2,1-4H3. The van der Waals surface area contributed by atoms with Gasteiger partial charge in [0.1, 0.15) is 12.0 Å². The number of benzene rings is 2. The van der Waals surface area contributed by atoms with E-state index >= 15 is 0 Å². The van der Waals surface area contributed by atoms with Crippen LogP contribution in [0, 0.1) is 13.8 Å². The van der Waals surface area contributed by atoms with E-state index in [9.17, 15) is 8.42 Å². The summed E-state index contributed by atoms with van der Waals surface area (Å²) >= 11 is 0. The summed E-state index contributed by atoms with van der Waals surface area (Å²) in [5.41, 5.74) is 3.83. The van der Waals surface area contributed by atoms with Crippen LogP contribution in [0.4, 0.5) is 5.88 Å². The molecule has 0 saturated carbocycles. The van der Waals surface area contributed by atoms with E-state index in [1.807, 2.05) is 38.1 Å². The van der Waals surface area contributed by atoms with E-state index in [4.69, 9.17) is 13.4 Å². The topological polar surface area (TPSA) is 124 Å². The number of rotatable bonds is 8. The molecule has 1 N–H and O–H groups in total. The zero-order valence-corrected chi connectivity index (χ0v) is 21.7. The van der Waals surface area contributed by atoms with Crippen molar-refractivity contribution in [3.8, 4) is 22.6 Å². The van der Waals surface area contributed by atoms with E-state index in [0.29, 0.717) is 40.6 Å². The average molecular weight is 519 g/mol.